The maximum atomic E-state index is 6.31. The van der Waals surface area contributed by atoms with Crippen LogP contribution in [-0.2, 0) is 0 Å². The fraction of sp³-hybridized carbons (Fsp3) is 0.0196. The SMILES string of the molecule is C=Cc1c(/C=C\C)sc2c1c1ccccc1c1c2c2ccccc2n1-c1cccc(-c2nc(-c3cccc4oc5ccccc5c34)nc3sc4ccccc4c23)c1. The number of hydrogen-bond acceptors (Lipinski definition) is 5. The van der Waals surface area contributed by atoms with Crippen molar-refractivity contribution in [1.82, 2.24) is 14.5 Å². The van der Waals surface area contributed by atoms with Crippen molar-refractivity contribution in [3.05, 3.63) is 163 Å². The van der Waals surface area contributed by atoms with E-state index in [0.29, 0.717) is 5.82 Å². The fourth-order valence-corrected chi connectivity index (χ4v) is 11.4. The Bertz CT molecular complexity index is 3690. The number of fused-ring (bicyclic) bond motifs is 14. The highest BCUT2D eigenvalue weighted by molar-refractivity contribution is 7.25. The quantitative estimate of drug-likeness (QED) is 0.175. The summed E-state index contributed by atoms with van der Waals surface area (Å²) in [6.45, 7) is 6.36. The summed E-state index contributed by atoms with van der Waals surface area (Å²) in [6, 6.07) is 49.5. The van der Waals surface area contributed by atoms with Gasteiger partial charge in [0.2, 0.25) is 0 Å². The second-order valence-electron chi connectivity index (χ2n) is 14.4. The Hall–Kier alpha value is -6.86. The van der Waals surface area contributed by atoms with Gasteiger partial charge in [-0.25, -0.2) is 9.97 Å². The van der Waals surface area contributed by atoms with Crippen LogP contribution in [0.5, 0.6) is 0 Å². The van der Waals surface area contributed by atoms with Crippen LogP contribution in [0.4, 0.5) is 0 Å². The summed E-state index contributed by atoms with van der Waals surface area (Å²) in [5, 5.41) is 10.5. The molecule has 0 fully saturated rings. The Morgan fingerprint density at radius 2 is 1.37 bits per heavy atom. The zero-order valence-electron chi connectivity index (χ0n) is 30.8. The number of benzene rings is 7. The first kappa shape index (κ1) is 32.4. The first-order valence-corrected chi connectivity index (χ1v) is 20.7. The van der Waals surface area contributed by atoms with Crippen molar-refractivity contribution < 1.29 is 4.42 Å². The van der Waals surface area contributed by atoms with E-state index in [-0.39, 0.29) is 0 Å². The summed E-state index contributed by atoms with van der Waals surface area (Å²) in [5.41, 5.74) is 9.22. The number of para-hydroxylation sites is 2. The minimum absolute atomic E-state index is 0.685. The Morgan fingerprint density at radius 3 is 2.23 bits per heavy atom. The third-order valence-electron chi connectivity index (χ3n) is 11.3. The molecule has 0 radical (unpaired) electrons. The van der Waals surface area contributed by atoms with Gasteiger partial charge in [0, 0.05) is 79.7 Å². The van der Waals surface area contributed by atoms with E-state index in [1.807, 2.05) is 41.7 Å². The van der Waals surface area contributed by atoms with E-state index in [4.69, 9.17) is 14.4 Å². The summed E-state index contributed by atoms with van der Waals surface area (Å²) in [4.78, 5) is 13.0. The molecule has 5 heterocycles. The molecule has 0 bridgehead atoms. The Kier molecular flexibility index (Phi) is 7.00. The third kappa shape index (κ3) is 4.60. The monoisotopic (exact) mass is 765 g/mol. The van der Waals surface area contributed by atoms with Crippen LogP contribution in [0.15, 0.2) is 157 Å². The van der Waals surface area contributed by atoms with Gasteiger partial charge in [0.25, 0.3) is 0 Å². The van der Waals surface area contributed by atoms with Gasteiger partial charge in [0.1, 0.15) is 16.0 Å². The van der Waals surface area contributed by atoms with Crippen molar-refractivity contribution in [1.29, 1.82) is 0 Å². The first-order valence-electron chi connectivity index (χ1n) is 19.1. The summed E-state index contributed by atoms with van der Waals surface area (Å²) >= 11 is 3.57. The lowest BCUT2D eigenvalue weighted by Crippen LogP contribution is -1.97. The number of thiophene rings is 2. The molecule has 6 heteroatoms. The summed E-state index contributed by atoms with van der Waals surface area (Å²) < 4.78 is 11.2. The number of allylic oxidation sites excluding steroid dienone is 1. The van der Waals surface area contributed by atoms with Gasteiger partial charge in [-0.15, -0.1) is 22.7 Å². The molecule has 0 amide bonds. The molecular formula is C51H31N3OS2. The van der Waals surface area contributed by atoms with Gasteiger partial charge in [-0.2, -0.15) is 0 Å². The molecule has 0 saturated heterocycles. The van der Waals surface area contributed by atoms with Crippen molar-refractivity contribution in [2.75, 3.05) is 0 Å². The van der Waals surface area contributed by atoms with Crippen LogP contribution >= 0.6 is 22.7 Å². The number of rotatable bonds is 5. The van der Waals surface area contributed by atoms with Crippen LogP contribution in [0.3, 0.4) is 0 Å². The summed E-state index contributed by atoms with van der Waals surface area (Å²) in [6.07, 6.45) is 6.36. The average Bonchev–Trinajstić information content (AvgIpc) is 4.02. The van der Waals surface area contributed by atoms with E-state index >= 15 is 0 Å². The van der Waals surface area contributed by atoms with Crippen LogP contribution in [0.1, 0.15) is 17.4 Å². The molecule has 0 N–H and O–H groups in total. The normalized spacial score (nSPS) is 12.3. The van der Waals surface area contributed by atoms with E-state index in [9.17, 15) is 0 Å². The van der Waals surface area contributed by atoms with Crippen LogP contribution in [0.25, 0.3) is 125 Å². The predicted octanol–water partition coefficient (Wildman–Crippen LogP) is 15.2. The van der Waals surface area contributed by atoms with E-state index in [0.717, 1.165) is 65.6 Å². The van der Waals surface area contributed by atoms with Crippen LogP contribution in [0, 0.1) is 0 Å². The Balaban J connectivity index is 1.17. The standard InChI is InChI=1S/C51H31N3OS2/c1-3-15-41-31(4-2)44-32-18-5-6-19-33(32)48-46(49(44)56-41)34-20-7-10-24-38(34)54(48)30-17-13-16-29(28-30)47-45-36-22-9-12-27-42(36)57-51(45)53-50(52-47)37-23-14-26-40-43(37)35-21-8-11-25-39(35)55-40/h3-28H,2H2,1H3/b15-3-. The largest absolute Gasteiger partial charge is 0.456 e. The number of nitrogens with zero attached hydrogens (tertiary/aromatic N) is 3. The van der Waals surface area contributed by atoms with E-state index in [2.05, 4.69) is 145 Å². The molecule has 0 atom stereocenters. The van der Waals surface area contributed by atoms with Gasteiger partial charge in [-0.3, -0.25) is 0 Å². The molecule has 5 aromatic heterocycles. The minimum Gasteiger partial charge on any atom is -0.456 e. The third-order valence-corrected chi connectivity index (χ3v) is 13.6. The molecule has 57 heavy (non-hydrogen) atoms. The Morgan fingerprint density at radius 1 is 0.632 bits per heavy atom. The molecule has 0 spiro atoms. The predicted molar refractivity (Wildman–Crippen MR) is 245 cm³/mol. The molecule has 268 valence electrons. The first-order chi connectivity index (χ1) is 28.2. The number of hydrogen-bond donors (Lipinski definition) is 0. The minimum atomic E-state index is 0.685. The van der Waals surface area contributed by atoms with Gasteiger partial charge in [0.05, 0.1) is 16.7 Å². The number of furan rings is 1. The molecule has 12 aromatic rings. The highest BCUT2D eigenvalue weighted by Crippen LogP contribution is 2.48. The van der Waals surface area contributed by atoms with Crippen molar-refractivity contribution in [2.45, 2.75) is 6.92 Å². The summed E-state index contributed by atoms with van der Waals surface area (Å²) in [7, 11) is 0. The van der Waals surface area contributed by atoms with Crippen LogP contribution < -0.4 is 0 Å². The molecule has 12 rings (SSSR count). The van der Waals surface area contributed by atoms with Crippen molar-refractivity contribution in [3.63, 3.8) is 0 Å². The van der Waals surface area contributed by atoms with Gasteiger partial charge < -0.3 is 8.98 Å². The second kappa shape index (κ2) is 12.3. The number of aromatic nitrogens is 3. The molecule has 4 nitrogen and oxygen atoms in total. The van der Waals surface area contributed by atoms with Gasteiger partial charge >= 0.3 is 0 Å². The Labute approximate surface area is 334 Å². The molecule has 0 aliphatic carbocycles. The molecule has 7 aromatic carbocycles. The van der Waals surface area contributed by atoms with Crippen molar-refractivity contribution in [2.24, 2.45) is 0 Å². The van der Waals surface area contributed by atoms with E-state index in [1.54, 1.807) is 11.3 Å². The molecular weight excluding hydrogens is 735 g/mol. The second-order valence-corrected chi connectivity index (χ2v) is 16.5. The lowest BCUT2D eigenvalue weighted by Gasteiger charge is -2.13. The van der Waals surface area contributed by atoms with Crippen LogP contribution in [0.2, 0.25) is 0 Å². The molecule has 0 unspecified atom stereocenters. The highest BCUT2D eigenvalue weighted by atomic mass is 32.1. The lowest BCUT2D eigenvalue weighted by atomic mass is 9.98. The highest BCUT2D eigenvalue weighted by Gasteiger charge is 2.24. The van der Waals surface area contributed by atoms with Gasteiger partial charge in [0.15, 0.2) is 5.82 Å². The van der Waals surface area contributed by atoms with Crippen LogP contribution in [-0.4, -0.2) is 14.5 Å². The smallest absolute Gasteiger partial charge is 0.162 e. The average molecular weight is 766 g/mol. The zero-order valence-corrected chi connectivity index (χ0v) is 32.4. The molecule has 0 aliphatic heterocycles. The maximum absolute atomic E-state index is 6.31. The van der Waals surface area contributed by atoms with Gasteiger partial charge in [-0.1, -0.05) is 122 Å². The maximum Gasteiger partial charge on any atom is 0.162 e. The van der Waals surface area contributed by atoms with Crippen molar-refractivity contribution in [3.8, 4) is 28.3 Å². The van der Waals surface area contributed by atoms with Gasteiger partial charge in [-0.05, 0) is 54.8 Å². The summed E-state index contributed by atoms with van der Waals surface area (Å²) in [5.74, 6) is 0.685. The molecule has 0 saturated carbocycles. The fourth-order valence-electron chi connectivity index (χ4n) is 8.99. The topological polar surface area (TPSA) is 43.9 Å². The van der Waals surface area contributed by atoms with E-state index in [1.165, 1.54) is 52.3 Å². The zero-order chi connectivity index (χ0) is 37.8. The lowest BCUT2D eigenvalue weighted by molar-refractivity contribution is 0.669. The van der Waals surface area contributed by atoms with E-state index < -0.39 is 0 Å². The van der Waals surface area contributed by atoms with Crippen molar-refractivity contribution >= 4 is 120 Å². The molecule has 0 aliphatic rings.